The van der Waals surface area contributed by atoms with E-state index in [1.54, 1.807) is 0 Å². The zero-order chi connectivity index (χ0) is 10.7. The lowest BCUT2D eigenvalue weighted by Gasteiger charge is -2.33. The van der Waals surface area contributed by atoms with E-state index in [2.05, 4.69) is 24.2 Å². The highest BCUT2D eigenvalue weighted by Crippen LogP contribution is 2.34. The summed E-state index contributed by atoms with van der Waals surface area (Å²) in [5, 5.41) is 3.51. The fourth-order valence-corrected chi connectivity index (χ4v) is 3.04. The Hall–Kier alpha value is -0.0800. The van der Waals surface area contributed by atoms with Gasteiger partial charge in [-0.3, -0.25) is 4.90 Å². The van der Waals surface area contributed by atoms with Crippen molar-refractivity contribution >= 4 is 0 Å². The van der Waals surface area contributed by atoms with Crippen LogP contribution in [0.15, 0.2) is 0 Å². The molecule has 0 radical (unpaired) electrons. The molecule has 0 aromatic rings. The van der Waals surface area contributed by atoms with Gasteiger partial charge in [-0.25, -0.2) is 0 Å². The van der Waals surface area contributed by atoms with Crippen LogP contribution in [0.2, 0.25) is 0 Å². The predicted octanol–water partition coefficient (Wildman–Crippen LogP) is 2.39. The van der Waals surface area contributed by atoms with Crippen LogP contribution in [0, 0.1) is 0 Å². The standard InChI is InChI=1S/C13H26N2/c1-3-4-10-15(11-8-9-11)13-7-5-6-12(13)14-2/h11-14H,3-10H2,1-2H3. The molecule has 0 bridgehead atoms. The Bertz CT molecular complexity index is 189. The summed E-state index contributed by atoms with van der Waals surface area (Å²) >= 11 is 0. The van der Waals surface area contributed by atoms with Crippen molar-refractivity contribution in [2.75, 3.05) is 13.6 Å². The molecule has 0 aliphatic heterocycles. The topological polar surface area (TPSA) is 15.3 Å². The van der Waals surface area contributed by atoms with Gasteiger partial charge in [-0.05, 0) is 45.7 Å². The SMILES string of the molecule is CCCCN(C1CC1)C1CCCC1NC. The van der Waals surface area contributed by atoms with Crippen molar-refractivity contribution in [1.29, 1.82) is 0 Å². The van der Waals surface area contributed by atoms with Crippen LogP contribution in [-0.2, 0) is 0 Å². The molecule has 2 heteroatoms. The maximum atomic E-state index is 3.51. The van der Waals surface area contributed by atoms with E-state index >= 15 is 0 Å². The molecule has 15 heavy (non-hydrogen) atoms. The Balaban J connectivity index is 1.90. The molecule has 0 saturated heterocycles. The second-order valence-corrected chi connectivity index (χ2v) is 5.22. The van der Waals surface area contributed by atoms with Crippen molar-refractivity contribution in [3.63, 3.8) is 0 Å². The van der Waals surface area contributed by atoms with Crippen LogP contribution < -0.4 is 5.32 Å². The van der Waals surface area contributed by atoms with Crippen LogP contribution >= 0.6 is 0 Å². The highest BCUT2D eigenvalue weighted by molar-refractivity contribution is 4.96. The van der Waals surface area contributed by atoms with Gasteiger partial charge in [0.05, 0.1) is 0 Å². The van der Waals surface area contributed by atoms with Gasteiger partial charge in [0.1, 0.15) is 0 Å². The van der Waals surface area contributed by atoms with E-state index in [9.17, 15) is 0 Å². The van der Waals surface area contributed by atoms with E-state index in [-0.39, 0.29) is 0 Å². The van der Waals surface area contributed by atoms with Crippen LogP contribution in [0.25, 0.3) is 0 Å². The first-order chi connectivity index (χ1) is 7.36. The fraction of sp³-hybridized carbons (Fsp3) is 1.00. The Labute approximate surface area is 94.4 Å². The third-order valence-corrected chi connectivity index (χ3v) is 4.06. The summed E-state index contributed by atoms with van der Waals surface area (Å²) in [6, 6.07) is 2.55. The van der Waals surface area contributed by atoms with E-state index in [1.807, 2.05) is 0 Å². The van der Waals surface area contributed by atoms with E-state index in [0.29, 0.717) is 0 Å². The first kappa shape index (κ1) is 11.4. The number of hydrogen-bond acceptors (Lipinski definition) is 2. The van der Waals surface area contributed by atoms with Crippen LogP contribution in [0.3, 0.4) is 0 Å². The fourth-order valence-electron chi connectivity index (χ4n) is 3.04. The van der Waals surface area contributed by atoms with Crippen molar-refractivity contribution in [1.82, 2.24) is 10.2 Å². The summed E-state index contributed by atoms with van der Waals surface area (Å²) in [6.45, 7) is 3.64. The quantitative estimate of drug-likeness (QED) is 0.724. The van der Waals surface area contributed by atoms with Crippen LogP contribution in [0.5, 0.6) is 0 Å². The highest BCUT2D eigenvalue weighted by atomic mass is 15.2. The summed E-state index contributed by atoms with van der Waals surface area (Å²) in [4.78, 5) is 2.82. The minimum Gasteiger partial charge on any atom is -0.315 e. The van der Waals surface area contributed by atoms with E-state index < -0.39 is 0 Å². The van der Waals surface area contributed by atoms with E-state index in [1.165, 1.54) is 51.5 Å². The van der Waals surface area contributed by atoms with Gasteiger partial charge in [-0.2, -0.15) is 0 Å². The van der Waals surface area contributed by atoms with Gasteiger partial charge in [0.2, 0.25) is 0 Å². The summed E-state index contributed by atoms with van der Waals surface area (Å²) in [5.41, 5.74) is 0. The smallest absolute Gasteiger partial charge is 0.0252 e. The van der Waals surface area contributed by atoms with Gasteiger partial charge in [0.25, 0.3) is 0 Å². The average molecular weight is 210 g/mol. The number of likely N-dealkylation sites (N-methyl/N-ethyl adjacent to an activating group) is 1. The molecule has 2 saturated carbocycles. The third kappa shape index (κ3) is 2.73. The van der Waals surface area contributed by atoms with Crippen LogP contribution in [0.4, 0.5) is 0 Å². The van der Waals surface area contributed by atoms with Crippen LogP contribution in [-0.4, -0.2) is 36.6 Å². The Morgan fingerprint density at radius 2 is 2.00 bits per heavy atom. The minimum absolute atomic E-state index is 0.766. The van der Waals surface area contributed by atoms with Gasteiger partial charge in [-0.1, -0.05) is 19.8 Å². The zero-order valence-electron chi connectivity index (χ0n) is 10.3. The lowest BCUT2D eigenvalue weighted by molar-refractivity contribution is 0.163. The van der Waals surface area contributed by atoms with Crippen molar-refractivity contribution < 1.29 is 0 Å². The second-order valence-electron chi connectivity index (χ2n) is 5.22. The molecule has 2 rings (SSSR count). The van der Waals surface area contributed by atoms with E-state index in [0.717, 1.165) is 18.1 Å². The van der Waals surface area contributed by atoms with Gasteiger partial charge in [-0.15, -0.1) is 0 Å². The van der Waals surface area contributed by atoms with Crippen molar-refractivity contribution in [2.24, 2.45) is 0 Å². The molecule has 88 valence electrons. The molecule has 1 N–H and O–H groups in total. The zero-order valence-corrected chi connectivity index (χ0v) is 10.3. The van der Waals surface area contributed by atoms with Gasteiger partial charge < -0.3 is 5.32 Å². The minimum atomic E-state index is 0.766. The molecular weight excluding hydrogens is 184 g/mol. The van der Waals surface area contributed by atoms with Crippen molar-refractivity contribution in [3.05, 3.63) is 0 Å². The molecule has 2 aliphatic carbocycles. The van der Waals surface area contributed by atoms with Gasteiger partial charge >= 0.3 is 0 Å². The highest BCUT2D eigenvalue weighted by Gasteiger charge is 2.38. The van der Waals surface area contributed by atoms with E-state index in [4.69, 9.17) is 0 Å². The number of nitrogens with one attached hydrogen (secondary N) is 1. The molecule has 0 aromatic carbocycles. The maximum Gasteiger partial charge on any atom is 0.0252 e. The molecule has 0 spiro atoms. The third-order valence-electron chi connectivity index (χ3n) is 4.06. The molecule has 0 aromatic heterocycles. The molecule has 0 heterocycles. The van der Waals surface area contributed by atoms with Crippen molar-refractivity contribution in [2.45, 2.75) is 70.0 Å². The summed E-state index contributed by atoms with van der Waals surface area (Å²) < 4.78 is 0. The summed E-state index contributed by atoms with van der Waals surface area (Å²) in [5.74, 6) is 0. The summed E-state index contributed by atoms with van der Waals surface area (Å²) in [6.07, 6.45) is 9.85. The predicted molar refractivity (Wildman–Crippen MR) is 65.1 cm³/mol. The molecule has 2 unspecified atom stereocenters. The molecule has 2 atom stereocenters. The Kier molecular flexibility index (Phi) is 4.04. The summed E-state index contributed by atoms with van der Waals surface area (Å²) in [7, 11) is 2.13. The number of unbranched alkanes of at least 4 members (excludes halogenated alkanes) is 1. The number of rotatable bonds is 6. The lowest BCUT2D eigenvalue weighted by atomic mass is 10.1. The van der Waals surface area contributed by atoms with Gasteiger partial charge in [0, 0.05) is 18.1 Å². The lowest BCUT2D eigenvalue weighted by Crippen LogP contribution is -2.47. The van der Waals surface area contributed by atoms with Crippen LogP contribution in [0.1, 0.15) is 51.9 Å². The molecule has 0 amide bonds. The second kappa shape index (κ2) is 5.31. The molecule has 2 aliphatic rings. The first-order valence-corrected chi connectivity index (χ1v) is 6.79. The first-order valence-electron chi connectivity index (χ1n) is 6.79. The Morgan fingerprint density at radius 3 is 2.60 bits per heavy atom. The average Bonchev–Trinajstić information content (AvgIpc) is 2.97. The number of hydrogen-bond donors (Lipinski definition) is 1. The van der Waals surface area contributed by atoms with Crippen molar-refractivity contribution in [3.8, 4) is 0 Å². The molecule has 2 nitrogen and oxygen atoms in total. The number of nitrogens with zero attached hydrogens (tertiary/aromatic N) is 1. The Morgan fingerprint density at radius 1 is 1.20 bits per heavy atom. The van der Waals surface area contributed by atoms with Gasteiger partial charge in [0.15, 0.2) is 0 Å². The maximum absolute atomic E-state index is 3.51. The molecular formula is C13H26N2. The monoisotopic (exact) mass is 210 g/mol. The molecule has 2 fully saturated rings. The largest absolute Gasteiger partial charge is 0.315 e. The normalized spacial score (nSPS) is 31.4.